The molecule has 0 radical (unpaired) electrons. The Bertz CT molecular complexity index is 339. The summed E-state index contributed by atoms with van der Waals surface area (Å²) in [6, 6.07) is 7.34. The van der Waals surface area contributed by atoms with Gasteiger partial charge in [-0.25, -0.2) is 0 Å². The highest BCUT2D eigenvalue weighted by Gasteiger charge is 2.16. The molecule has 0 aromatic heterocycles. The lowest BCUT2D eigenvalue weighted by Crippen LogP contribution is -2.34. The number of hydrogen-bond donors (Lipinski definition) is 3. The number of rotatable bonds is 7. The summed E-state index contributed by atoms with van der Waals surface area (Å²) < 4.78 is 5.53. The van der Waals surface area contributed by atoms with Crippen LogP contribution in [0, 0.1) is 0 Å². The molecule has 4 nitrogen and oxygen atoms in total. The van der Waals surface area contributed by atoms with Crippen LogP contribution in [-0.4, -0.2) is 29.0 Å². The second-order valence-corrected chi connectivity index (χ2v) is 4.46. The molecule has 96 valence electrons. The van der Waals surface area contributed by atoms with Crippen LogP contribution < -0.4 is 10.5 Å². The smallest absolute Gasteiger partial charge is 0.119 e. The largest absolute Gasteiger partial charge is 0.494 e. The Kier molecular flexibility index (Phi) is 5.41. The first-order chi connectivity index (χ1) is 8.07. The molecule has 0 fully saturated rings. The average molecular weight is 239 g/mol. The SMILES string of the molecule is CC(O)(CN)CCCOc1cccc(CO)c1. The van der Waals surface area contributed by atoms with E-state index in [2.05, 4.69) is 0 Å². The fourth-order valence-electron chi connectivity index (χ4n) is 1.48. The molecule has 0 saturated heterocycles. The summed E-state index contributed by atoms with van der Waals surface area (Å²) in [5.41, 5.74) is 5.44. The van der Waals surface area contributed by atoms with Crippen LogP contribution in [-0.2, 0) is 6.61 Å². The van der Waals surface area contributed by atoms with Crippen molar-refractivity contribution in [2.24, 2.45) is 5.73 Å². The van der Waals surface area contributed by atoms with E-state index in [0.29, 0.717) is 13.0 Å². The maximum atomic E-state index is 9.69. The molecule has 0 aliphatic heterocycles. The minimum absolute atomic E-state index is 0.0130. The quantitative estimate of drug-likeness (QED) is 0.622. The van der Waals surface area contributed by atoms with Gasteiger partial charge >= 0.3 is 0 Å². The molecule has 4 heteroatoms. The number of aliphatic hydroxyl groups excluding tert-OH is 1. The van der Waals surface area contributed by atoms with E-state index < -0.39 is 5.60 Å². The van der Waals surface area contributed by atoms with Gasteiger partial charge in [-0.2, -0.15) is 0 Å². The summed E-state index contributed by atoms with van der Waals surface area (Å²) in [5, 5.41) is 18.7. The van der Waals surface area contributed by atoms with Gasteiger partial charge in [0.15, 0.2) is 0 Å². The Hall–Kier alpha value is -1.10. The zero-order chi connectivity index (χ0) is 12.7. The summed E-state index contributed by atoms with van der Waals surface area (Å²) in [4.78, 5) is 0. The lowest BCUT2D eigenvalue weighted by atomic mass is 10.0. The summed E-state index contributed by atoms with van der Waals surface area (Å²) in [6.07, 6.45) is 1.36. The topological polar surface area (TPSA) is 75.7 Å². The van der Waals surface area contributed by atoms with Crippen molar-refractivity contribution in [3.8, 4) is 5.75 Å². The minimum atomic E-state index is -0.809. The highest BCUT2D eigenvalue weighted by molar-refractivity contribution is 5.27. The summed E-state index contributed by atoms with van der Waals surface area (Å²) in [7, 11) is 0. The van der Waals surface area contributed by atoms with Gasteiger partial charge < -0.3 is 20.7 Å². The molecule has 1 rings (SSSR count). The molecule has 1 atom stereocenters. The van der Waals surface area contributed by atoms with E-state index in [-0.39, 0.29) is 13.2 Å². The highest BCUT2D eigenvalue weighted by Crippen LogP contribution is 2.15. The van der Waals surface area contributed by atoms with Gasteiger partial charge in [-0.15, -0.1) is 0 Å². The summed E-state index contributed by atoms with van der Waals surface area (Å²) >= 11 is 0. The molecule has 0 heterocycles. The Morgan fingerprint density at radius 2 is 2.18 bits per heavy atom. The van der Waals surface area contributed by atoms with Crippen molar-refractivity contribution in [1.82, 2.24) is 0 Å². The lowest BCUT2D eigenvalue weighted by Gasteiger charge is -2.20. The third-order valence-electron chi connectivity index (χ3n) is 2.65. The zero-order valence-electron chi connectivity index (χ0n) is 10.2. The van der Waals surface area contributed by atoms with E-state index in [0.717, 1.165) is 17.7 Å². The number of nitrogens with two attached hydrogens (primary N) is 1. The molecule has 0 bridgehead atoms. The summed E-state index contributed by atoms with van der Waals surface area (Å²) in [5.74, 6) is 0.740. The Balaban J connectivity index is 2.31. The molecule has 0 amide bonds. The third kappa shape index (κ3) is 5.17. The lowest BCUT2D eigenvalue weighted by molar-refractivity contribution is 0.0536. The second kappa shape index (κ2) is 6.59. The van der Waals surface area contributed by atoms with Gasteiger partial charge in [0, 0.05) is 6.54 Å². The Morgan fingerprint density at radius 3 is 2.82 bits per heavy atom. The van der Waals surface area contributed by atoms with Crippen LogP contribution in [0.3, 0.4) is 0 Å². The predicted octanol–water partition coefficient (Wildman–Crippen LogP) is 1.05. The molecule has 0 spiro atoms. The van der Waals surface area contributed by atoms with Crippen molar-refractivity contribution in [2.75, 3.05) is 13.2 Å². The van der Waals surface area contributed by atoms with Crippen molar-refractivity contribution in [3.05, 3.63) is 29.8 Å². The monoisotopic (exact) mass is 239 g/mol. The first-order valence-corrected chi connectivity index (χ1v) is 5.82. The molecule has 4 N–H and O–H groups in total. The van der Waals surface area contributed by atoms with E-state index in [1.165, 1.54) is 0 Å². The van der Waals surface area contributed by atoms with Crippen molar-refractivity contribution in [3.63, 3.8) is 0 Å². The van der Waals surface area contributed by atoms with Crippen molar-refractivity contribution in [2.45, 2.75) is 32.0 Å². The zero-order valence-corrected chi connectivity index (χ0v) is 10.2. The molecule has 17 heavy (non-hydrogen) atoms. The van der Waals surface area contributed by atoms with Gasteiger partial charge in [-0.3, -0.25) is 0 Å². The minimum Gasteiger partial charge on any atom is -0.494 e. The van der Waals surface area contributed by atoms with Gasteiger partial charge in [0.05, 0.1) is 18.8 Å². The molecule has 1 aromatic carbocycles. The van der Waals surface area contributed by atoms with Crippen LogP contribution in [0.2, 0.25) is 0 Å². The molecule has 1 aromatic rings. The number of ether oxygens (including phenoxy) is 1. The Labute approximate surface area is 102 Å². The fourth-order valence-corrected chi connectivity index (χ4v) is 1.48. The van der Waals surface area contributed by atoms with Gasteiger partial charge in [0.2, 0.25) is 0 Å². The van der Waals surface area contributed by atoms with E-state index in [9.17, 15) is 5.11 Å². The molecular weight excluding hydrogens is 218 g/mol. The molecule has 0 saturated carbocycles. The van der Waals surface area contributed by atoms with Crippen LogP contribution >= 0.6 is 0 Å². The predicted molar refractivity (Wildman–Crippen MR) is 66.8 cm³/mol. The first kappa shape index (κ1) is 14.0. The average Bonchev–Trinajstić information content (AvgIpc) is 2.35. The van der Waals surface area contributed by atoms with E-state index in [4.69, 9.17) is 15.6 Å². The van der Waals surface area contributed by atoms with Gasteiger partial charge in [0.1, 0.15) is 5.75 Å². The number of aliphatic hydroxyl groups is 2. The fraction of sp³-hybridized carbons (Fsp3) is 0.538. The molecule has 0 aliphatic carbocycles. The van der Waals surface area contributed by atoms with Crippen LogP contribution in [0.5, 0.6) is 5.75 Å². The van der Waals surface area contributed by atoms with E-state index in [1.54, 1.807) is 13.0 Å². The van der Waals surface area contributed by atoms with Gasteiger partial charge in [-0.1, -0.05) is 12.1 Å². The van der Waals surface area contributed by atoms with Crippen LogP contribution in [0.15, 0.2) is 24.3 Å². The Morgan fingerprint density at radius 1 is 1.41 bits per heavy atom. The normalized spacial score (nSPS) is 14.4. The van der Waals surface area contributed by atoms with Crippen LogP contribution in [0.25, 0.3) is 0 Å². The number of hydrogen-bond acceptors (Lipinski definition) is 4. The highest BCUT2D eigenvalue weighted by atomic mass is 16.5. The maximum absolute atomic E-state index is 9.69. The van der Waals surface area contributed by atoms with Crippen molar-refractivity contribution >= 4 is 0 Å². The van der Waals surface area contributed by atoms with E-state index >= 15 is 0 Å². The van der Waals surface area contributed by atoms with Gasteiger partial charge in [-0.05, 0) is 37.5 Å². The third-order valence-corrected chi connectivity index (χ3v) is 2.65. The first-order valence-electron chi connectivity index (χ1n) is 5.82. The standard InChI is InChI=1S/C13H21NO3/c1-13(16,10-14)6-3-7-17-12-5-2-4-11(8-12)9-15/h2,4-5,8,15-16H,3,6-7,9-10,14H2,1H3. The maximum Gasteiger partial charge on any atom is 0.119 e. The van der Waals surface area contributed by atoms with Crippen molar-refractivity contribution < 1.29 is 14.9 Å². The van der Waals surface area contributed by atoms with Crippen LogP contribution in [0.4, 0.5) is 0 Å². The van der Waals surface area contributed by atoms with Gasteiger partial charge in [0.25, 0.3) is 0 Å². The summed E-state index contributed by atoms with van der Waals surface area (Å²) in [6.45, 7) is 2.52. The van der Waals surface area contributed by atoms with Crippen LogP contribution in [0.1, 0.15) is 25.3 Å². The van der Waals surface area contributed by atoms with Crippen molar-refractivity contribution in [1.29, 1.82) is 0 Å². The molecular formula is C13H21NO3. The molecule has 1 unspecified atom stereocenters. The second-order valence-electron chi connectivity index (χ2n) is 4.46. The number of benzene rings is 1. The molecule has 0 aliphatic rings. The van der Waals surface area contributed by atoms with E-state index in [1.807, 2.05) is 18.2 Å².